The van der Waals surface area contributed by atoms with Crippen molar-refractivity contribution in [1.29, 1.82) is 0 Å². The molecule has 0 fully saturated rings. The van der Waals surface area contributed by atoms with Crippen LogP contribution in [0.15, 0.2) is 52.9 Å². The molecule has 9 nitrogen and oxygen atoms in total. The molecule has 10 heteroatoms. The number of aromatic carboxylic acids is 1. The first-order valence-corrected chi connectivity index (χ1v) is 8.44. The minimum Gasteiger partial charge on any atom is -0.497 e. The van der Waals surface area contributed by atoms with Crippen molar-refractivity contribution in [3.63, 3.8) is 0 Å². The fraction of sp³-hybridized carbons (Fsp3) is 0.0526. The molecule has 0 aliphatic carbocycles. The maximum absolute atomic E-state index is 12.4. The molecule has 0 unspecified atom stereocenters. The number of carbonyl (C=O) groups excluding carboxylic acids is 1. The summed E-state index contributed by atoms with van der Waals surface area (Å²) < 4.78 is 10.5. The highest BCUT2D eigenvalue weighted by molar-refractivity contribution is 6.33. The maximum atomic E-state index is 12.4. The topological polar surface area (TPSA) is 132 Å². The number of nitro groups is 1. The number of benzene rings is 2. The lowest BCUT2D eigenvalue weighted by Crippen LogP contribution is -2.11. The molecule has 3 rings (SSSR count). The van der Waals surface area contributed by atoms with Gasteiger partial charge < -0.3 is 19.6 Å². The highest BCUT2D eigenvalue weighted by atomic mass is 35.5. The van der Waals surface area contributed by atoms with Crippen molar-refractivity contribution < 1.29 is 28.8 Å². The Labute approximate surface area is 168 Å². The van der Waals surface area contributed by atoms with Gasteiger partial charge in [-0.15, -0.1) is 0 Å². The summed E-state index contributed by atoms with van der Waals surface area (Å²) in [6.07, 6.45) is 0. The zero-order chi connectivity index (χ0) is 21.1. The number of furan rings is 1. The molecule has 1 amide bonds. The second kappa shape index (κ2) is 8.03. The summed E-state index contributed by atoms with van der Waals surface area (Å²) in [5.74, 6) is -1.59. The normalized spacial score (nSPS) is 10.4. The fourth-order valence-electron chi connectivity index (χ4n) is 2.56. The minimum absolute atomic E-state index is 0.0302. The van der Waals surface area contributed by atoms with Gasteiger partial charge in [-0.25, -0.2) is 4.79 Å². The van der Waals surface area contributed by atoms with Gasteiger partial charge in [-0.1, -0.05) is 11.6 Å². The Balaban J connectivity index is 1.87. The summed E-state index contributed by atoms with van der Waals surface area (Å²) in [6.45, 7) is 0. The van der Waals surface area contributed by atoms with E-state index in [0.29, 0.717) is 5.75 Å². The van der Waals surface area contributed by atoms with E-state index >= 15 is 0 Å². The molecule has 0 spiro atoms. The smallest absolute Gasteiger partial charge is 0.337 e. The molecular formula is C19H13ClN2O7. The molecule has 0 saturated heterocycles. The lowest BCUT2D eigenvalue weighted by Gasteiger charge is -2.06. The Morgan fingerprint density at radius 1 is 1.17 bits per heavy atom. The number of ether oxygens (including phenoxy) is 1. The first-order valence-electron chi connectivity index (χ1n) is 8.07. The number of carbonyl (C=O) groups is 2. The third-order valence-electron chi connectivity index (χ3n) is 3.95. The molecule has 0 radical (unpaired) electrons. The maximum Gasteiger partial charge on any atom is 0.337 e. The zero-order valence-corrected chi connectivity index (χ0v) is 15.6. The van der Waals surface area contributed by atoms with Crippen LogP contribution in [0.4, 0.5) is 11.4 Å². The number of rotatable bonds is 6. The van der Waals surface area contributed by atoms with Gasteiger partial charge in [0.15, 0.2) is 5.76 Å². The molecule has 148 valence electrons. The number of carboxylic acid groups (broad SMARTS) is 1. The molecule has 1 aromatic heterocycles. The number of halogens is 1. The van der Waals surface area contributed by atoms with E-state index in [2.05, 4.69) is 5.32 Å². The van der Waals surface area contributed by atoms with Crippen molar-refractivity contribution in [2.75, 3.05) is 12.4 Å². The number of hydrogen-bond donors (Lipinski definition) is 2. The van der Waals surface area contributed by atoms with E-state index in [1.54, 1.807) is 0 Å². The molecule has 2 aromatic carbocycles. The minimum atomic E-state index is -1.24. The Morgan fingerprint density at radius 2 is 1.93 bits per heavy atom. The average Bonchev–Trinajstić information content (AvgIpc) is 3.18. The number of methoxy groups -OCH3 is 1. The first-order chi connectivity index (χ1) is 13.8. The molecular weight excluding hydrogens is 404 g/mol. The van der Waals surface area contributed by atoms with Gasteiger partial charge in [0, 0.05) is 5.69 Å². The Hall–Kier alpha value is -3.85. The van der Waals surface area contributed by atoms with E-state index in [4.69, 9.17) is 25.9 Å². The van der Waals surface area contributed by atoms with Crippen LogP contribution in [-0.2, 0) is 0 Å². The quantitative estimate of drug-likeness (QED) is 0.447. The van der Waals surface area contributed by atoms with Crippen molar-refractivity contribution in [3.05, 3.63) is 75.0 Å². The summed E-state index contributed by atoms with van der Waals surface area (Å²) in [5, 5.41) is 23.0. The Morgan fingerprint density at radius 3 is 2.59 bits per heavy atom. The van der Waals surface area contributed by atoms with Gasteiger partial charge in [0.2, 0.25) is 0 Å². The van der Waals surface area contributed by atoms with Crippen molar-refractivity contribution in [3.8, 4) is 17.1 Å². The SMILES string of the molecule is COc1ccc(-c2ccc(C(=O)Nc3ccc(Cl)c(C(=O)O)c3)o2)c([N+](=O)[O-])c1. The monoisotopic (exact) mass is 416 g/mol. The molecule has 0 aliphatic rings. The summed E-state index contributed by atoms with van der Waals surface area (Å²) in [7, 11) is 1.39. The van der Waals surface area contributed by atoms with Crippen LogP contribution in [0.3, 0.4) is 0 Å². The standard InChI is InChI=1S/C19H13ClN2O7/c1-28-11-3-4-12(15(9-11)22(26)27)16-6-7-17(29-16)18(23)21-10-2-5-14(20)13(8-10)19(24)25/h2-9H,1H3,(H,21,23)(H,24,25). The first kappa shape index (κ1) is 19.9. The number of nitrogens with one attached hydrogen (secondary N) is 1. The van der Waals surface area contributed by atoms with E-state index < -0.39 is 16.8 Å². The second-order valence-electron chi connectivity index (χ2n) is 5.76. The highest BCUT2D eigenvalue weighted by Crippen LogP contribution is 2.34. The second-order valence-corrected chi connectivity index (χ2v) is 6.17. The predicted molar refractivity (Wildman–Crippen MR) is 104 cm³/mol. The highest BCUT2D eigenvalue weighted by Gasteiger charge is 2.21. The third kappa shape index (κ3) is 4.19. The van der Waals surface area contributed by atoms with E-state index in [-0.39, 0.29) is 39.0 Å². The average molecular weight is 417 g/mol. The molecule has 0 atom stereocenters. The van der Waals surface area contributed by atoms with Crippen LogP contribution < -0.4 is 10.1 Å². The number of anilines is 1. The van der Waals surface area contributed by atoms with E-state index in [9.17, 15) is 19.7 Å². The number of hydrogen-bond acceptors (Lipinski definition) is 6. The van der Waals surface area contributed by atoms with E-state index in [1.807, 2.05) is 0 Å². The summed E-state index contributed by atoms with van der Waals surface area (Å²) >= 11 is 5.80. The molecule has 29 heavy (non-hydrogen) atoms. The van der Waals surface area contributed by atoms with E-state index in [0.717, 1.165) is 0 Å². The van der Waals surface area contributed by atoms with Gasteiger partial charge in [-0.05, 0) is 42.5 Å². The molecule has 0 aliphatic heterocycles. The van der Waals surface area contributed by atoms with Gasteiger partial charge in [-0.2, -0.15) is 0 Å². The van der Waals surface area contributed by atoms with Crippen LogP contribution in [0, 0.1) is 10.1 Å². The van der Waals surface area contributed by atoms with Gasteiger partial charge in [0.05, 0.1) is 34.2 Å². The van der Waals surface area contributed by atoms with Crippen LogP contribution in [0.1, 0.15) is 20.9 Å². The lowest BCUT2D eigenvalue weighted by atomic mass is 10.1. The molecule has 2 N–H and O–H groups in total. The van der Waals surface area contributed by atoms with Gasteiger partial charge in [0.1, 0.15) is 11.5 Å². The molecule has 1 heterocycles. The molecule has 0 saturated carbocycles. The van der Waals surface area contributed by atoms with Gasteiger partial charge in [-0.3, -0.25) is 14.9 Å². The van der Waals surface area contributed by atoms with E-state index in [1.165, 1.54) is 55.6 Å². The number of carboxylic acids is 1. The van der Waals surface area contributed by atoms with Crippen molar-refractivity contribution in [2.24, 2.45) is 0 Å². The summed E-state index contributed by atoms with van der Waals surface area (Å²) in [5.41, 5.74) is -0.0346. The van der Waals surface area contributed by atoms with Crippen LogP contribution >= 0.6 is 11.6 Å². The van der Waals surface area contributed by atoms with Gasteiger partial charge in [0.25, 0.3) is 11.6 Å². The lowest BCUT2D eigenvalue weighted by molar-refractivity contribution is -0.384. The molecule has 0 bridgehead atoms. The zero-order valence-electron chi connectivity index (χ0n) is 14.8. The van der Waals surface area contributed by atoms with Crippen LogP contribution in [0.25, 0.3) is 11.3 Å². The predicted octanol–water partition coefficient (Wildman–Crippen LogP) is 4.47. The van der Waals surface area contributed by atoms with Crippen molar-refractivity contribution in [1.82, 2.24) is 0 Å². The Kier molecular flexibility index (Phi) is 5.51. The number of nitro benzene ring substituents is 1. The Bertz CT molecular complexity index is 1120. The summed E-state index contributed by atoms with van der Waals surface area (Å²) in [6, 6.07) is 11.0. The number of amides is 1. The van der Waals surface area contributed by atoms with Crippen LogP contribution in [0.5, 0.6) is 5.75 Å². The van der Waals surface area contributed by atoms with Crippen molar-refractivity contribution >= 4 is 34.9 Å². The van der Waals surface area contributed by atoms with Gasteiger partial charge >= 0.3 is 5.97 Å². The molecule has 3 aromatic rings. The van der Waals surface area contributed by atoms with Crippen LogP contribution in [0.2, 0.25) is 5.02 Å². The van der Waals surface area contributed by atoms with Crippen molar-refractivity contribution in [2.45, 2.75) is 0 Å². The largest absolute Gasteiger partial charge is 0.497 e. The summed E-state index contributed by atoms with van der Waals surface area (Å²) in [4.78, 5) is 34.3. The number of nitrogens with zero attached hydrogens (tertiary/aromatic N) is 1. The third-order valence-corrected chi connectivity index (χ3v) is 4.28. The fourth-order valence-corrected chi connectivity index (χ4v) is 2.76. The van der Waals surface area contributed by atoms with Crippen LogP contribution in [-0.4, -0.2) is 29.0 Å².